The lowest BCUT2D eigenvalue weighted by Gasteiger charge is -2.46. The molecule has 1 heterocycles. The molecule has 6 nitrogen and oxygen atoms in total. The summed E-state index contributed by atoms with van der Waals surface area (Å²) in [5.74, 6) is -5.89. The van der Waals surface area contributed by atoms with Crippen LogP contribution in [0.2, 0.25) is 0 Å². The number of likely N-dealkylation sites (tertiary alicyclic amines) is 1. The van der Waals surface area contributed by atoms with Crippen LogP contribution in [0.4, 0.5) is 8.78 Å². The van der Waals surface area contributed by atoms with Crippen molar-refractivity contribution >= 4 is 17.7 Å². The highest BCUT2D eigenvalue weighted by molar-refractivity contribution is 6.10. The van der Waals surface area contributed by atoms with Gasteiger partial charge in [-0.1, -0.05) is 24.3 Å². The van der Waals surface area contributed by atoms with Gasteiger partial charge in [-0.2, -0.15) is 0 Å². The molecule has 30 heavy (non-hydrogen) atoms. The predicted octanol–water partition coefficient (Wildman–Crippen LogP) is 2.84. The minimum absolute atomic E-state index is 0.472. The minimum Gasteiger partial charge on any atom is -0.468 e. The van der Waals surface area contributed by atoms with Crippen molar-refractivity contribution in [2.75, 3.05) is 21.3 Å². The Balaban J connectivity index is 2.18. The third-order valence-corrected chi connectivity index (χ3v) is 5.46. The first-order valence-electron chi connectivity index (χ1n) is 9.22. The van der Waals surface area contributed by atoms with Crippen molar-refractivity contribution in [3.63, 3.8) is 0 Å². The van der Waals surface area contributed by atoms with Gasteiger partial charge < -0.3 is 9.47 Å². The highest BCUT2D eigenvalue weighted by Gasteiger charge is 2.54. The maximum absolute atomic E-state index is 13.5. The summed E-state index contributed by atoms with van der Waals surface area (Å²) in [5.41, 5.74) is 0.996. The maximum Gasteiger partial charge on any atom is 0.318 e. The van der Waals surface area contributed by atoms with Gasteiger partial charge in [0.15, 0.2) is 5.78 Å². The first kappa shape index (κ1) is 21.6. The normalized spacial score (nSPS) is 24.4. The lowest BCUT2D eigenvalue weighted by atomic mass is 9.73. The van der Waals surface area contributed by atoms with Crippen LogP contribution in [0.3, 0.4) is 0 Å². The zero-order valence-corrected chi connectivity index (χ0v) is 16.7. The molecule has 0 spiro atoms. The Labute approximate surface area is 172 Å². The Hall–Kier alpha value is -3.13. The average molecular weight is 417 g/mol. The van der Waals surface area contributed by atoms with Crippen LogP contribution in [0.15, 0.2) is 48.5 Å². The maximum atomic E-state index is 13.5. The molecule has 8 heteroatoms. The van der Waals surface area contributed by atoms with Gasteiger partial charge in [0.25, 0.3) is 0 Å². The van der Waals surface area contributed by atoms with E-state index < -0.39 is 53.3 Å². The van der Waals surface area contributed by atoms with E-state index in [-0.39, 0.29) is 0 Å². The summed E-state index contributed by atoms with van der Waals surface area (Å²) in [6.07, 6.45) is 0. The summed E-state index contributed by atoms with van der Waals surface area (Å²) in [7, 11) is 3.94. The zero-order chi connectivity index (χ0) is 22.0. The number of hydrogen-bond acceptors (Lipinski definition) is 6. The van der Waals surface area contributed by atoms with Crippen molar-refractivity contribution in [2.45, 2.75) is 12.1 Å². The summed E-state index contributed by atoms with van der Waals surface area (Å²) in [5, 5.41) is 0. The van der Waals surface area contributed by atoms with Gasteiger partial charge in [-0.3, -0.25) is 19.3 Å². The lowest BCUT2D eigenvalue weighted by Crippen LogP contribution is -2.54. The van der Waals surface area contributed by atoms with Gasteiger partial charge in [0.1, 0.15) is 23.5 Å². The van der Waals surface area contributed by atoms with Crippen molar-refractivity contribution in [2.24, 2.45) is 11.8 Å². The van der Waals surface area contributed by atoms with E-state index in [1.54, 1.807) is 11.9 Å². The highest BCUT2D eigenvalue weighted by Crippen LogP contribution is 2.46. The van der Waals surface area contributed by atoms with Crippen molar-refractivity contribution in [1.82, 2.24) is 4.90 Å². The quantitative estimate of drug-likeness (QED) is 0.563. The van der Waals surface area contributed by atoms with Crippen LogP contribution < -0.4 is 0 Å². The second-order valence-corrected chi connectivity index (χ2v) is 7.06. The van der Waals surface area contributed by atoms with Gasteiger partial charge in [-0.25, -0.2) is 8.78 Å². The zero-order valence-electron chi connectivity index (χ0n) is 16.7. The van der Waals surface area contributed by atoms with Crippen LogP contribution >= 0.6 is 0 Å². The standard InChI is InChI=1S/C22H21F2NO5/c1-25-18(12-4-8-14(23)9-5-12)16(21(27)29-2)20(26)17(22(28)30-3)19(25)13-6-10-15(24)11-7-13/h4-11,16-19H,1-3H3. The second-order valence-electron chi connectivity index (χ2n) is 7.06. The van der Waals surface area contributed by atoms with E-state index in [4.69, 9.17) is 9.47 Å². The van der Waals surface area contributed by atoms with Gasteiger partial charge in [0.2, 0.25) is 0 Å². The monoisotopic (exact) mass is 417 g/mol. The van der Waals surface area contributed by atoms with Crippen LogP contribution in [0, 0.1) is 23.5 Å². The third kappa shape index (κ3) is 3.82. The number of benzene rings is 2. The number of nitrogens with zero attached hydrogens (tertiary/aromatic N) is 1. The van der Waals surface area contributed by atoms with Crippen molar-refractivity contribution in [3.05, 3.63) is 71.3 Å². The van der Waals surface area contributed by atoms with Gasteiger partial charge in [0.05, 0.1) is 26.3 Å². The van der Waals surface area contributed by atoms with Crippen LogP contribution in [0.1, 0.15) is 23.2 Å². The lowest BCUT2D eigenvalue weighted by molar-refractivity contribution is -0.167. The largest absolute Gasteiger partial charge is 0.468 e. The molecule has 3 rings (SSSR count). The van der Waals surface area contributed by atoms with E-state index in [0.717, 1.165) is 14.2 Å². The fourth-order valence-electron chi connectivity index (χ4n) is 4.07. The van der Waals surface area contributed by atoms with E-state index in [1.807, 2.05) is 0 Å². The van der Waals surface area contributed by atoms with Gasteiger partial charge in [0, 0.05) is 0 Å². The first-order valence-corrected chi connectivity index (χ1v) is 9.22. The molecule has 0 saturated carbocycles. The highest BCUT2D eigenvalue weighted by atomic mass is 19.1. The number of esters is 2. The fraction of sp³-hybridized carbons (Fsp3) is 0.318. The van der Waals surface area contributed by atoms with Gasteiger partial charge in [-0.15, -0.1) is 0 Å². The number of ketones is 1. The van der Waals surface area contributed by atoms with Crippen LogP contribution in [0.5, 0.6) is 0 Å². The molecule has 0 amide bonds. The molecule has 158 valence electrons. The summed E-state index contributed by atoms with van der Waals surface area (Å²) >= 11 is 0. The summed E-state index contributed by atoms with van der Waals surface area (Å²) in [6, 6.07) is 9.12. The van der Waals surface area contributed by atoms with Crippen LogP contribution in [0.25, 0.3) is 0 Å². The molecule has 1 fully saturated rings. The number of carbonyl (C=O) groups excluding carboxylic acids is 3. The van der Waals surface area contributed by atoms with E-state index in [1.165, 1.54) is 48.5 Å². The van der Waals surface area contributed by atoms with Crippen molar-refractivity contribution < 1.29 is 32.6 Å². The molecule has 0 bridgehead atoms. The van der Waals surface area contributed by atoms with E-state index >= 15 is 0 Å². The molecule has 0 N–H and O–H groups in total. The summed E-state index contributed by atoms with van der Waals surface area (Å²) in [4.78, 5) is 40.2. The van der Waals surface area contributed by atoms with Crippen LogP contribution in [-0.2, 0) is 23.9 Å². The number of Topliss-reactive ketones (excluding diaryl/α,β-unsaturated/α-hetero) is 1. The number of piperidine rings is 1. The van der Waals surface area contributed by atoms with E-state index in [2.05, 4.69) is 0 Å². The number of rotatable bonds is 4. The Bertz CT molecular complexity index is 870. The number of methoxy groups -OCH3 is 2. The molecular formula is C22H21F2NO5. The van der Waals surface area contributed by atoms with E-state index in [9.17, 15) is 23.2 Å². The van der Waals surface area contributed by atoms with Crippen LogP contribution in [-0.4, -0.2) is 43.9 Å². The molecular weight excluding hydrogens is 396 g/mol. The van der Waals surface area contributed by atoms with Gasteiger partial charge >= 0.3 is 11.9 Å². The molecule has 1 aliphatic heterocycles. The molecule has 0 radical (unpaired) electrons. The first-order chi connectivity index (χ1) is 14.3. The Morgan fingerprint density at radius 1 is 0.767 bits per heavy atom. The summed E-state index contributed by atoms with van der Waals surface area (Å²) < 4.78 is 36.6. The predicted molar refractivity (Wildman–Crippen MR) is 102 cm³/mol. The molecule has 4 atom stereocenters. The Morgan fingerprint density at radius 2 is 1.10 bits per heavy atom. The molecule has 0 aliphatic carbocycles. The molecule has 2 aromatic carbocycles. The Kier molecular flexibility index (Phi) is 6.26. The molecule has 1 saturated heterocycles. The summed E-state index contributed by atoms with van der Waals surface area (Å²) in [6.45, 7) is 0. The van der Waals surface area contributed by atoms with Gasteiger partial charge in [-0.05, 0) is 42.4 Å². The number of ether oxygens (including phenoxy) is 2. The molecule has 2 aromatic rings. The minimum atomic E-state index is -1.33. The fourth-order valence-corrected chi connectivity index (χ4v) is 4.07. The molecule has 0 aromatic heterocycles. The van der Waals surface area contributed by atoms with Crippen molar-refractivity contribution in [3.8, 4) is 0 Å². The van der Waals surface area contributed by atoms with E-state index in [0.29, 0.717) is 11.1 Å². The average Bonchev–Trinajstić information content (AvgIpc) is 2.75. The van der Waals surface area contributed by atoms with Crippen molar-refractivity contribution in [1.29, 1.82) is 0 Å². The SMILES string of the molecule is COC(=O)C1C(=O)C(C(=O)OC)C(c2ccc(F)cc2)N(C)C1c1ccc(F)cc1. The molecule has 4 unspecified atom stereocenters. The topological polar surface area (TPSA) is 72.9 Å². The second kappa shape index (κ2) is 8.71. The number of carbonyl (C=O) groups is 3. The number of hydrogen-bond donors (Lipinski definition) is 0. The number of halogens is 2. The molecule has 1 aliphatic rings. The smallest absolute Gasteiger partial charge is 0.318 e. The third-order valence-electron chi connectivity index (χ3n) is 5.46. The Morgan fingerprint density at radius 3 is 1.40 bits per heavy atom.